The molecule has 0 unspecified atom stereocenters. The van der Waals surface area contributed by atoms with Crippen LogP contribution in [0.4, 0.5) is 10.1 Å². The van der Waals surface area contributed by atoms with Gasteiger partial charge in [0.15, 0.2) is 0 Å². The van der Waals surface area contributed by atoms with Crippen molar-refractivity contribution in [3.05, 3.63) is 97.8 Å². The molecule has 188 valence electrons. The number of rotatable bonds is 3. The summed E-state index contributed by atoms with van der Waals surface area (Å²) >= 11 is 6.75. The summed E-state index contributed by atoms with van der Waals surface area (Å²) in [6, 6.07) is 18.8. The second-order valence-electron chi connectivity index (χ2n) is 10.0. The molecule has 0 atom stereocenters. The van der Waals surface area contributed by atoms with Crippen LogP contribution in [0.15, 0.2) is 69.6 Å². The van der Waals surface area contributed by atoms with Crippen LogP contribution in [0.25, 0.3) is 23.1 Å². The highest BCUT2D eigenvalue weighted by atomic mass is 79.9. The molecule has 0 fully saturated rings. The van der Waals surface area contributed by atoms with Gasteiger partial charge in [-0.2, -0.15) is 0 Å². The number of ether oxygens (including phenoxy) is 1. The maximum Gasteiger partial charge on any atom is 0.259 e. The number of amides is 1. The van der Waals surface area contributed by atoms with E-state index in [4.69, 9.17) is 9.72 Å². The molecule has 1 aliphatic rings. The van der Waals surface area contributed by atoms with Gasteiger partial charge < -0.3 is 9.64 Å². The normalized spacial score (nSPS) is 13.6. The summed E-state index contributed by atoms with van der Waals surface area (Å²) in [6.45, 7) is 7.21. The molecule has 2 heterocycles. The van der Waals surface area contributed by atoms with Crippen LogP contribution >= 0.6 is 31.9 Å². The van der Waals surface area contributed by atoms with E-state index in [0.717, 1.165) is 15.4 Å². The van der Waals surface area contributed by atoms with Crippen molar-refractivity contribution < 1.29 is 13.9 Å². The Hall–Kier alpha value is -3.03. The minimum absolute atomic E-state index is 0.0884. The molecule has 4 aromatic rings. The Kier molecular flexibility index (Phi) is 6.94. The zero-order chi connectivity index (χ0) is 26.3. The van der Waals surface area contributed by atoms with E-state index in [1.165, 1.54) is 11.6 Å². The van der Waals surface area contributed by atoms with Gasteiger partial charge in [-0.1, -0.05) is 67.0 Å². The highest BCUT2D eigenvalue weighted by Crippen LogP contribution is 2.37. The third kappa shape index (κ3) is 5.34. The monoisotopic (exact) mass is 622 g/mol. The van der Waals surface area contributed by atoms with Crippen molar-refractivity contribution in [2.45, 2.75) is 26.2 Å². The first-order chi connectivity index (χ1) is 17.6. The molecule has 0 bridgehead atoms. The maximum atomic E-state index is 14.1. The number of nitrogens with zero attached hydrogens (tertiary/aromatic N) is 2. The number of fused-ring (bicyclic) bond motifs is 2. The minimum atomic E-state index is -0.436. The van der Waals surface area contributed by atoms with Gasteiger partial charge in [-0.05, 0) is 68.9 Å². The number of benzene rings is 3. The molecule has 0 saturated heterocycles. The molecule has 37 heavy (non-hydrogen) atoms. The molecule has 0 saturated carbocycles. The van der Waals surface area contributed by atoms with Crippen LogP contribution in [-0.4, -0.2) is 24.0 Å². The van der Waals surface area contributed by atoms with Crippen molar-refractivity contribution in [3.8, 4) is 5.75 Å². The number of hydrogen-bond donors (Lipinski definition) is 0. The lowest BCUT2D eigenvalue weighted by Gasteiger charge is -2.30. The molecule has 1 aromatic heterocycles. The van der Waals surface area contributed by atoms with E-state index < -0.39 is 5.82 Å². The van der Waals surface area contributed by atoms with Crippen LogP contribution in [0.2, 0.25) is 0 Å². The van der Waals surface area contributed by atoms with Gasteiger partial charge in [-0.25, -0.2) is 9.37 Å². The lowest BCUT2D eigenvalue weighted by molar-refractivity contribution is 0.0978. The number of aromatic nitrogens is 1. The van der Waals surface area contributed by atoms with Gasteiger partial charge in [0.1, 0.15) is 18.2 Å². The molecule has 5 rings (SSSR count). The van der Waals surface area contributed by atoms with Crippen molar-refractivity contribution in [1.29, 1.82) is 0 Å². The second kappa shape index (κ2) is 10.0. The average molecular weight is 624 g/mol. The van der Waals surface area contributed by atoms with Crippen molar-refractivity contribution in [2.75, 3.05) is 18.1 Å². The average Bonchev–Trinajstić information content (AvgIpc) is 2.87. The van der Waals surface area contributed by atoms with Crippen LogP contribution in [0.3, 0.4) is 0 Å². The van der Waals surface area contributed by atoms with Crippen molar-refractivity contribution in [1.82, 2.24) is 4.98 Å². The zero-order valence-corrected chi connectivity index (χ0v) is 23.9. The number of carbonyl (C=O) groups excluding carboxylic acids is 1. The van der Waals surface area contributed by atoms with Gasteiger partial charge in [0, 0.05) is 15.9 Å². The molecule has 1 aliphatic heterocycles. The fourth-order valence-electron chi connectivity index (χ4n) is 4.32. The quantitative estimate of drug-likeness (QED) is 0.230. The summed E-state index contributed by atoms with van der Waals surface area (Å²) < 4.78 is 20.9. The topological polar surface area (TPSA) is 42.4 Å². The fourth-order valence-corrected chi connectivity index (χ4v) is 5.02. The van der Waals surface area contributed by atoms with E-state index in [1.54, 1.807) is 11.0 Å². The number of anilines is 1. The Morgan fingerprint density at radius 2 is 1.78 bits per heavy atom. The predicted octanol–water partition coefficient (Wildman–Crippen LogP) is 8.41. The molecular formula is C30H25Br2FN2O2. The molecular weight excluding hydrogens is 599 g/mol. The van der Waals surface area contributed by atoms with Crippen LogP contribution in [0, 0.1) is 5.82 Å². The van der Waals surface area contributed by atoms with E-state index in [0.29, 0.717) is 34.8 Å². The third-order valence-corrected chi connectivity index (χ3v) is 7.46. The molecule has 3 aromatic carbocycles. The van der Waals surface area contributed by atoms with E-state index >= 15 is 0 Å². The Balaban J connectivity index is 1.55. The molecule has 1 amide bonds. The second-order valence-corrected chi connectivity index (χ2v) is 11.8. The Labute approximate surface area is 232 Å². The van der Waals surface area contributed by atoms with Crippen molar-refractivity contribution in [2.24, 2.45) is 0 Å². The Morgan fingerprint density at radius 3 is 2.51 bits per heavy atom. The molecule has 0 aliphatic carbocycles. The van der Waals surface area contributed by atoms with E-state index in [1.807, 2.05) is 36.4 Å². The lowest BCUT2D eigenvalue weighted by Crippen LogP contribution is -2.38. The summed E-state index contributed by atoms with van der Waals surface area (Å²) in [4.78, 5) is 20.4. The first-order valence-corrected chi connectivity index (χ1v) is 13.5. The predicted molar refractivity (Wildman–Crippen MR) is 155 cm³/mol. The highest BCUT2D eigenvalue weighted by molar-refractivity contribution is 9.10. The van der Waals surface area contributed by atoms with Gasteiger partial charge in [0.05, 0.1) is 33.5 Å². The van der Waals surface area contributed by atoms with Gasteiger partial charge in [0.25, 0.3) is 5.91 Å². The van der Waals surface area contributed by atoms with Crippen LogP contribution in [0.5, 0.6) is 5.75 Å². The molecule has 0 N–H and O–H groups in total. The summed E-state index contributed by atoms with van der Waals surface area (Å²) in [6.07, 6.45) is 3.92. The maximum absolute atomic E-state index is 14.1. The molecule has 0 spiro atoms. The van der Waals surface area contributed by atoms with Crippen molar-refractivity contribution in [3.63, 3.8) is 0 Å². The summed E-state index contributed by atoms with van der Waals surface area (Å²) in [5, 5.41) is 0.736. The van der Waals surface area contributed by atoms with Crippen LogP contribution in [0.1, 0.15) is 48.0 Å². The number of carbonyl (C=O) groups is 1. The minimum Gasteiger partial charge on any atom is -0.489 e. The standard InChI is InChI=1S/C30H25Br2FN2O2/c1-30(2,3)19-7-4-18(5-8-19)6-10-21-15-23(22-14-20(31)9-11-26(22)34-21)29(36)35-12-13-37-28-17-25(33)24(32)16-27(28)35/h4-11,14-17H,12-13H2,1-3H3/b10-6+. The first-order valence-electron chi connectivity index (χ1n) is 11.9. The van der Waals surface area contributed by atoms with E-state index in [-0.39, 0.29) is 22.4 Å². The summed E-state index contributed by atoms with van der Waals surface area (Å²) in [7, 11) is 0. The van der Waals surface area contributed by atoms with Gasteiger partial charge in [0.2, 0.25) is 0 Å². The Morgan fingerprint density at radius 1 is 1.03 bits per heavy atom. The first kappa shape index (κ1) is 25.6. The van der Waals surface area contributed by atoms with Gasteiger partial charge >= 0.3 is 0 Å². The lowest BCUT2D eigenvalue weighted by atomic mass is 9.87. The molecule has 0 radical (unpaired) electrons. The largest absolute Gasteiger partial charge is 0.489 e. The summed E-state index contributed by atoms with van der Waals surface area (Å²) in [5.74, 6) is -0.286. The van der Waals surface area contributed by atoms with E-state index in [2.05, 4.69) is 76.9 Å². The number of halogens is 3. The third-order valence-electron chi connectivity index (χ3n) is 6.35. The number of pyridine rings is 1. The molecule has 4 nitrogen and oxygen atoms in total. The van der Waals surface area contributed by atoms with E-state index in [9.17, 15) is 9.18 Å². The Bertz CT molecular complexity index is 1540. The number of hydrogen-bond acceptors (Lipinski definition) is 3. The smallest absolute Gasteiger partial charge is 0.259 e. The summed E-state index contributed by atoms with van der Waals surface area (Å²) in [5.41, 5.74) is 4.84. The molecule has 7 heteroatoms. The van der Waals surface area contributed by atoms with Crippen molar-refractivity contribution >= 4 is 66.5 Å². The highest BCUT2D eigenvalue weighted by Gasteiger charge is 2.28. The van der Waals surface area contributed by atoms with Crippen LogP contribution < -0.4 is 9.64 Å². The zero-order valence-electron chi connectivity index (χ0n) is 20.7. The van der Waals surface area contributed by atoms with Crippen LogP contribution in [-0.2, 0) is 5.41 Å². The van der Waals surface area contributed by atoms with Gasteiger partial charge in [-0.15, -0.1) is 0 Å². The SMILES string of the molecule is CC(C)(C)c1ccc(/C=C/c2cc(C(=O)N3CCOc4cc(F)c(Br)cc43)c3cc(Br)ccc3n2)cc1. The fraction of sp³-hybridized carbons (Fsp3) is 0.200. The van der Waals surface area contributed by atoms with Gasteiger partial charge in [-0.3, -0.25) is 4.79 Å².